The number of aromatic nitrogens is 1. The van der Waals surface area contributed by atoms with Gasteiger partial charge in [0.15, 0.2) is 5.89 Å². The summed E-state index contributed by atoms with van der Waals surface area (Å²) in [5, 5.41) is 6.19. The van der Waals surface area contributed by atoms with Gasteiger partial charge in [0.25, 0.3) is 5.91 Å². The third kappa shape index (κ3) is 3.70. The number of rotatable bonds is 5. The Hall–Kier alpha value is -2.14. The molecule has 1 atom stereocenters. The molecule has 0 aliphatic rings. The Morgan fingerprint density at radius 3 is 2.76 bits per heavy atom. The van der Waals surface area contributed by atoms with E-state index >= 15 is 0 Å². The minimum Gasteiger partial charge on any atom is -0.436 e. The number of anilines is 1. The van der Waals surface area contributed by atoms with Gasteiger partial charge in [0.2, 0.25) is 5.76 Å². The monoisotopic (exact) mass is 287 g/mol. The lowest BCUT2D eigenvalue weighted by atomic mass is 10.1. The van der Waals surface area contributed by atoms with E-state index in [0.717, 1.165) is 17.8 Å². The second-order valence-corrected chi connectivity index (χ2v) is 5.01. The van der Waals surface area contributed by atoms with Crippen molar-refractivity contribution in [2.24, 2.45) is 0 Å². The van der Waals surface area contributed by atoms with E-state index < -0.39 is 0 Å². The molecule has 0 saturated carbocycles. The maximum Gasteiger partial charge on any atom is 0.293 e. The average Bonchev–Trinajstić information content (AvgIpc) is 2.78. The van der Waals surface area contributed by atoms with Crippen LogP contribution in [-0.2, 0) is 0 Å². The molecule has 0 spiro atoms. The van der Waals surface area contributed by atoms with Gasteiger partial charge < -0.3 is 15.1 Å². The summed E-state index contributed by atoms with van der Waals surface area (Å²) in [5.41, 5.74) is 2.47. The minimum absolute atomic E-state index is 0.237. The van der Waals surface area contributed by atoms with Crippen LogP contribution in [0.3, 0.4) is 0 Å². The zero-order valence-electron chi connectivity index (χ0n) is 12.9. The Bertz CT molecular complexity index is 634. The molecule has 112 valence electrons. The molecular formula is C16H21N3O2. The van der Waals surface area contributed by atoms with Crippen LogP contribution < -0.4 is 10.6 Å². The second-order valence-electron chi connectivity index (χ2n) is 5.01. The first-order valence-electron chi connectivity index (χ1n) is 7.10. The SMILES string of the molecule is CCNC(C)c1cccc(NC(=O)c2oc(C)nc2C)c1. The van der Waals surface area contributed by atoms with Crippen molar-refractivity contribution in [2.45, 2.75) is 33.7 Å². The van der Waals surface area contributed by atoms with E-state index in [2.05, 4.69) is 29.5 Å². The molecule has 0 radical (unpaired) electrons. The lowest BCUT2D eigenvalue weighted by molar-refractivity contribution is 0.0994. The van der Waals surface area contributed by atoms with E-state index in [4.69, 9.17) is 4.42 Å². The number of nitrogens with zero attached hydrogens (tertiary/aromatic N) is 1. The Morgan fingerprint density at radius 2 is 2.14 bits per heavy atom. The molecule has 0 fully saturated rings. The zero-order chi connectivity index (χ0) is 15.4. The van der Waals surface area contributed by atoms with Gasteiger partial charge in [0, 0.05) is 18.7 Å². The van der Waals surface area contributed by atoms with Gasteiger partial charge in [-0.15, -0.1) is 0 Å². The molecule has 0 aliphatic heterocycles. The fraction of sp³-hybridized carbons (Fsp3) is 0.375. The zero-order valence-corrected chi connectivity index (χ0v) is 12.9. The normalized spacial score (nSPS) is 12.2. The van der Waals surface area contributed by atoms with Gasteiger partial charge >= 0.3 is 0 Å². The molecule has 5 heteroatoms. The van der Waals surface area contributed by atoms with Crippen LogP contribution in [0.1, 0.15) is 47.6 Å². The van der Waals surface area contributed by atoms with E-state index in [-0.39, 0.29) is 17.7 Å². The third-order valence-corrected chi connectivity index (χ3v) is 3.26. The highest BCUT2D eigenvalue weighted by molar-refractivity contribution is 6.02. The maximum absolute atomic E-state index is 12.2. The Balaban J connectivity index is 2.14. The van der Waals surface area contributed by atoms with Crippen molar-refractivity contribution >= 4 is 11.6 Å². The molecule has 1 aromatic heterocycles. The van der Waals surface area contributed by atoms with Crippen molar-refractivity contribution in [1.29, 1.82) is 0 Å². The van der Waals surface area contributed by atoms with Crippen LogP contribution in [0.15, 0.2) is 28.7 Å². The molecule has 1 amide bonds. The molecule has 0 saturated heterocycles. The minimum atomic E-state index is -0.277. The Morgan fingerprint density at radius 1 is 1.38 bits per heavy atom. The van der Waals surface area contributed by atoms with Gasteiger partial charge in [-0.2, -0.15) is 0 Å². The van der Waals surface area contributed by atoms with Crippen molar-refractivity contribution in [1.82, 2.24) is 10.3 Å². The first-order chi connectivity index (χ1) is 10.0. The molecule has 2 N–H and O–H groups in total. The molecule has 2 aromatic rings. The predicted molar refractivity (Wildman–Crippen MR) is 82.5 cm³/mol. The second kappa shape index (κ2) is 6.54. The number of amides is 1. The average molecular weight is 287 g/mol. The van der Waals surface area contributed by atoms with Crippen molar-refractivity contribution in [3.8, 4) is 0 Å². The first-order valence-corrected chi connectivity index (χ1v) is 7.10. The lowest BCUT2D eigenvalue weighted by Gasteiger charge is -2.14. The van der Waals surface area contributed by atoms with Crippen molar-refractivity contribution < 1.29 is 9.21 Å². The summed E-state index contributed by atoms with van der Waals surface area (Å²) < 4.78 is 5.33. The quantitative estimate of drug-likeness (QED) is 0.886. The smallest absolute Gasteiger partial charge is 0.293 e. The number of oxazole rings is 1. The highest BCUT2D eigenvalue weighted by atomic mass is 16.4. The van der Waals surface area contributed by atoms with Crippen LogP contribution >= 0.6 is 0 Å². The Kier molecular flexibility index (Phi) is 4.75. The van der Waals surface area contributed by atoms with Gasteiger partial charge in [-0.05, 0) is 38.1 Å². The van der Waals surface area contributed by atoms with E-state index in [1.807, 2.05) is 24.3 Å². The van der Waals surface area contributed by atoms with Gasteiger partial charge in [-0.3, -0.25) is 4.79 Å². The fourth-order valence-corrected chi connectivity index (χ4v) is 2.24. The van der Waals surface area contributed by atoms with Crippen molar-refractivity contribution in [3.05, 3.63) is 47.2 Å². The van der Waals surface area contributed by atoms with Gasteiger partial charge in [-0.1, -0.05) is 19.1 Å². The number of benzene rings is 1. The highest BCUT2D eigenvalue weighted by Gasteiger charge is 2.16. The third-order valence-electron chi connectivity index (χ3n) is 3.26. The molecule has 21 heavy (non-hydrogen) atoms. The van der Waals surface area contributed by atoms with E-state index in [0.29, 0.717) is 11.6 Å². The molecule has 0 bridgehead atoms. The highest BCUT2D eigenvalue weighted by Crippen LogP contribution is 2.19. The van der Waals surface area contributed by atoms with Crippen LogP contribution in [0, 0.1) is 13.8 Å². The molecular weight excluding hydrogens is 266 g/mol. The number of aryl methyl sites for hydroxylation is 2. The molecule has 1 heterocycles. The van der Waals surface area contributed by atoms with Crippen LogP contribution in [0.25, 0.3) is 0 Å². The predicted octanol–water partition coefficient (Wildman–Crippen LogP) is 3.21. The topological polar surface area (TPSA) is 67.2 Å². The summed E-state index contributed by atoms with van der Waals surface area (Å²) in [6, 6.07) is 8.02. The van der Waals surface area contributed by atoms with Gasteiger partial charge in [-0.25, -0.2) is 4.98 Å². The van der Waals surface area contributed by atoms with Crippen molar-refractivity contribution in [2.75, 3.05) is 11.9 Å². The summed E-state index contributed by atoms with van der Waals surface area (Å²) in [5.74, 6) is 0.478. The molecule has 1 unspecified atom stereocenters. The van der Waals surface area contributed by atoms with E-state index in [9.17, 15) is 4.79 Å². The molecule has 0 aliphatic carbocycles. The van der Waals surface area contributed by atoms with E-state index in [1.165, 1.54) is 0 Å². The van der Waals surface area contributed by atoms with Crippen LogP contribution in [0.5, 0.6) is 0 Å². The fourth-order valence-electron chi connectivity index (χ4n) is 2.24. The number of hydrogen-bond acceptors (Lipinski definition) is 4. The maximum atomic E-state index is 12.2. The van der Waals surface area contributed by atoms with Crippen molar-refractivity contribution in [3.63, 3.8) is 0 Å². The van der Waals surface area contributed by atoms with E-state index in [1.54, 1.807) is 13.8 Å². The summed E-state index contributed by atoms with van der Waals surface area (Å²) in [7, 11) is 0. The number of hydrogen-bond donors (Lipinski definition) is 2. The Labute approximate surface area is 124 Å². The number of carbonyl (C=O) groups is 1. The van der Waals surface area contributed by atoms with Gasteiger partial charge in [0.05, 0.1) is 5.69 Å². The summed E-state index contributed by atoms with van der Waals surface area (Å²) >= 11 is 0. The van der Waals surface area contributed by atoms with Crippen LogP contribution in [-0.4, -0.2) is 17.4 Å². The largest absolute Gasteiger partial charge is 0.436 e. The van der Waals surface area contributed by atoms with Crippen LogP contribution in [0.4, 0.5) is 5.69 Å². The molecule has 5 nitrogen and oxygen atoms in total. The standard InChI is InChI=1S/C16H21N3O2/c1-5-17-10(2)13-7-6-8-14(9-13)19-16(20)15-11(3)18-12(4)21-15/h6-10,17H,5H2,1-4H3,(H,19,20). The van der Waals surface area contributed by atoms with Crippen LogP contribution in [0.2, 0.25) is 0 Å². The van der Waals surface area contributed by atoms with Gasteiger partial charge in [0.1, 0.15) is 0 Å². The molecule has 2 rings (SSSR count). The lowest BCUT2D eigenvalue weighted by Crippen LogP contribution is -2.18. The number of nitrogens with one attached hydrogen (secondary N) is 2. The summed E-state index contributed by atoms with van der Waals surface area (Å²) in [6.07, 6.45) is 0. The first kappa shape index (κ1) is 15.3. The number of carbonyl (C=O) groups excluding carboxylic acids is 1. The summed E-state index contributed by atoms with van der Waals surface area (Å²) in [6.45, 7) is 8.54. The summed E-state index contributed by atoms with van der Waals surface area (Å²) in [4.78, 5) is 16.3. The molecule has 1 aromatic carbocycles.